The van der Waals surface area contributed by atoms with Gasteiger partial charge in [-0.05, 0) is 25.0 Å². The van der Waals surface area contributed by atoms with E-state index >= 15 is 0 Å². The Kier molecular flexibility index (Phi) is 5.05. The van der Waals surface area contributed by atoms with Crippen molar-refractivity contribution in [3.63, 3.8) is 0 Å². The van der Waals surface area contributed by atoms with Gasteiger partial charge < -0.3 is 15.2 Å². The molecule has 0 atom stereocenters. The molecule has 0 amide bonds. The van der Waals surface area contributed by atoms with E-state index in [0.29, 0.717) is 18.5 Å². The summed E-state index contributed by atoms with van der Waals surface area (Å²) in [5.74, 6) is -0.283. The van der Waals surface area contributed by atoms with Crippen LogP contribution in [0.4, 0.5) is 18.9 Å². The molecular formula is C13H18F3NO2. The average molecular weight is 277 g/mol. The Labute approximate surface area is 110 Å². The molecule has 0 spiro atoms. The van der Waals surface area contributed by atoms with Crippen molar-refractivity contribution in [1.82, 2.24) is 0 Å². The van der Waals surface area contributed by atoms with Crippen LogP contribution in [0, 0.1) is 0 Å². The Morgan fingerprint density at radius 2 is 1.84 bits per heavy atom. The van der Waals surface area contributed by atoms with Gasteiger partial charge in [0.1, 0.15) is 5.75 Å². The van der Waals surface area contributed by atoms with Gasteiger partial charge in [-0.15, -0.1) is 13.2 Å². The second kappa shape index (κ2) is 6.14. The summed E-state index contributed by atoms with van der Waals surface area (Å²) in [6.07, 6.45) is -3.57. The molecule has 19 heavy (non-hydrogen) atoms. The molecule has 1 aromatic rings. The molecule has 0 aromatic heterocycles. The third kappa shape index (κ3) is 5.38. The number of hydrogen-bond donors (Lipinski definition) is 2. The molecule has 0 saturated carbocycles. The predicted molar refractivity (Wildman–Crippen MR) is 67.1 cm³/mol. The summed E-state index contributed by atoms with van der Waals surface area (Å²) in [5, 5.41) is 13.0. The summed E-state index contributed by atoms with van der Waals surface area (Å²) in [4.78, 5) is 0. The van der Waals surface area contributed by atoms with Crippen LogP contribution in [0.25, 0.3) is 0 Å². The van der Waals surface area contributed by atoms with E-state index in [0.717, 1.165) is 0 Å². The Hall–Kier alpha value is -1.43. The smallest absolute Gasteiger partial charge is 0.406 e. The van der Waals surface area contributed by atoms with Crippen LogP contribution in [0.15, 0.2) is 24.3 Å². The highest BCUT2D eigenvalue weighted by molar-refractivity contribution is 5.48. The molecule has 0 radical (unpaired) electrons. The van der Waals surface area contributed by atoms with Gasteiger partial charge in [0.25, 0.3) is 0 Å². The van der Waals surface area contributed by atoms with E-state index in [2.05, 4.69) is 10.1 Å². The number of aliphatic hydroxyl groups is 1. The topological polar surface area (TPSA) is 41.5 Å². The number of alkyl halides is 3. The SMILES string of the molecule is CCC(O)(CC)CNc1cccc(OC(F)(F)F)c1. The number of benzene rings is 1. The van der Waals surface area contributed by atoms with Crippen molar-refractivity contribution < 1.29 is 23.0 Å². The molecular weight excluding hydrogens is 259 g/mol. The van der Waals surface area contributed by atoms with Crippen LogP contribution in [0.5, 0.6) is 5.75 Å². The molecule has 0 aliphatic rings. The quantitative estimate of drug-likeness (QED) is 0.835. The van der Waals surface area contributed by atoms with Crippen molar-refractivity contribution in [2.45, 2.75) is 38.7 Å². The van der Waals surface area contributed by atoms with Crippen molar-refractivity contribution in [2.75, 3.05) is 11.9 Å². The monoisotopic (exact) mass is 277 g/mol. The molecule has 0 aliphatic heterocycles. The van der Waals surface area contributed by atoms with Crippen LogP contribution in [-0.4, -0.2) is 23.6 Å². The van der Waals surface area contributed by atoms with Gasteiger partial charge in [0.15, 0.2) is 0 Å². The predicted octanol–water partition coefficient (Wildman–Crippen LogP) is 3.55. The Bertz CT molecular complexity index is 403. The maximum Gasteiger partial charge on any atom is 0.573 e. The molecule has 6 heteroatoms. The summed E-state index contributed by atoms with van der Waals surface area (Å²) in [5.41, 5.74) is -0.386. The maximum atomic E-state index is 12.1. The van der Waals surface area contributed by atoms with E-state index < -0.39 is 12.0 Å². The molecule has 0 fully saturated rings. The average Bonchev–Trinajstić information content (AvgIpc) is 2.34. The van der Waals surface area contributed by atoms with E-state index in [1.807, 2.05) is 13.8 Å². The molecule has 2 N–H and O–H groups in total. The Morgan fingerprint density at radius 3 is 2.37 bits per heavy atom. The van der Waals surface area contributed by atoms with Crippen LogP contribution < -0.4 is 10.1 Å². The first-order chi connectivity index (χ1) is 8.78. The lowest BCUT2D eigenvalue weighted by atomic mass is 9.97. The Balaban J connectivity index is 2.67. The first-order valence-electron chi connectivity index (χ1n) is 6.10. The summed E-state index contributed by atoms with van der Waals surface area (Å²) in [7, 11) is 0. The highest BCUT2D eigenvalue weighted by Crippen LogP contribution is 2.25. The second-order valence-electron chi connectivity index (χ2n) is 4.36. The normalized spacial score (nSPS) is 12.3. The summed E-state index contributed by atoms with van der Waals surface area (Å²) in [6.45, 7) is 3.98. The van der Waals surface area contributed by atoms with Gasteiger partial charge in [0, 0.05) is 18.3 Å². The van der Waals surface area contributed by atoms with Crippen molar-refractivity contribution in [3.05, 3.63) is 24.3 Å². The fourth-order valence-corrected chi connectivity index (χ4v) is 1.57. The number of rotatable bonds is 6. The molecule has 1 rings (SSSR count). The van der Waals surface area contributed by atoms with Crippen LogP contribution >= 0.6 is 0 Å². The Morgan fingerprint density at radius 1 is 1.21 bits per heavy atom. The molecule has 108 valence electrons. The second-order valence-corrected chi connectivity index (χ2v) is 4.36. The summed E-state index contributed by atoms with van der Waals surface area (Å²) < 4.78 is 40.0. The van der Waals surface area contributed by atoms with Crippen molar-refractivity contribution >= 4 is 5.69 Å². The van der Waals surface area contributed by atoms with Crippen LogP contribution in [0.2, 0.25) is 0 Å². The number of anilines is 1. The molecule has 0 saturated heterocycles. The molecule has 0 unspecified atom stereocenters. The van der Waals surface area contributed by atoms with Gasteiger partial charge >= 0.3 is 6.36 Å². The lowest BCUT2D eigenvalue weighted by Crippen LogP contribution is -2.35. The van der Waals surface area contributed by atoms with Crippen molar-refractivity contribution in [3.8, 4) is 5.75 Å². The van der Waals surface area contributed by atoms with Gasteiger partial charge in [0.05, 0.1) is 5.60 Å². The van der Waals surface area contributed by atoms with Crippen LogP contribution in [-0.2, 0) is 0 Å². The van der Waals surface area contributed by atoms with Gasteiger partial charge in [-0.1, -0.05) is 19.9 Å². The molecule has 0 bridgehead atoms. The lowest BCUT2D eigenvalue weighted by Gasteiger charge is -2.26. The van der Waals surface area contributed by atoms with Crippen LogP contribution in [0.3, 0.4) is 0 Å². The fourth-order valence-electron chi connectivity index (χ4n) is 1.57. The summed E-state index contributed by atoms with van der Waals surface area (Å²) in [6, 6.07) is 5.55. The highest BCUT2D eigenvalue weighted by Gasteiger charge is 2.31. The van der Waals surface area contributed by atoms with Crippen molar-refractivity contribution in [2.24, 2.45) is 0 Å². The van der Waals surface area contributed by atoms with E-state index in [4.69, 9.17) is 0 Å². The minimum atomic E-state index is -4.70. The number of halogens is 3. The zero-order chi connectivity index (χ0) is 14.5. The highest BCUT2D eigenvalue weighted by atomic mass is 19.4. The number of ether oxygens (including phenoxy) is 1. The summed E-state index contributed by atoms with van der Waals surface area (Å²) >= 11 is 0. The standard InChI is InChI=1S/C13H18F3NO2/c1-3-12(18,4-2)9-17-10-6-5-7-11(8-10)19-13(14,15)16/h5-8,17-18H,3-4,9H2,1-2H3. The van der Waals surface area contributed by atoms with Crippen LogP contribution in [0.1, 0.15) is 26.7 Å². The first-order valence-corrected chi connectivity index (χ1v) is 6.10. The third-order valence-corrected chi connectivity index (χ3v) is 3.01. The lowest BCUT2D eigenvalue weighted by molar-refractivity contribution is -0.274. The van der Waals surface area contributed by atoms with Crippen molar-refractivity contribution in [1.29, 1.82) is 0 Å². The third-order valence-electron chi connectivity index (χ3n) is 3.01. The molecule has 1 aromatic carbocycles. The van der Waals surface area contributed by atoms with E-state index in [-0.39, 0.29) is 12.3 Å². The first kappa shape index (κ1) is 15.6. The molecule has 0 aliphatic carbocycles. The zero-order valence-corrected chi connectivity index (χ0v) is 10.9. The minimum Gasteiger partial charge on any atom is -0.406 e. The van der Waals surface area contributed by atoms with E-state index in [9.17, 15) is 18.3 Å². The molecule has 0 heterocycles. The van der Waals surface area contributed by atoms with E-state index in [1.165, 1.54) is 18.2 Å². The molecule has 3 nitrogen and oxygen atoms in total. The van der Waals surface area contributed by atoms with Gasteiger partial charge in [-0.2, -0.15) is 0 Å². The van der Waals surface area contributed by atoms with E-state index in [1.54, 1.807) is 6.07 Å². The maximum absolute atomic E-state index is 12.1. The zero-order valence-electron chi connectivity index (χ0n) is 10.9. The van der Waals surface area contributed by atoms with Gasteiger partial charge in [-0.3, -0.25) is 0 Å². The minimum absolute atomic E-state index is 0.273. The largest absolute Gasteiger partial charge is 0.573 e. The van der Waals surface area contributed by atoms with Gasteiger partial charge in [0.2, 0.25) is 0 Å². The number of nitrogens with one attached hydrogen (secondary N) is 1. The fraction of sp³-hybridized carbons (Fsp3) is 0.538. The number of hydrogen-bond acceptors (Lipinski definition) is 3. The van der Waals surface area contributed by atoms with Gasteiger partial charge in [-0.25, -0.2) is 0 Å².